The molecule has 2 aromatic rings. The summed E-state index contributed by atoms with van der Waals surface area (Å²) in [7, 11) is 0. The zero-order valence-electron chi connectivity index (χ0n) is 10.7. The van der Waals surface area contributed by atoms with Gasteiger partial charge < -0.3 is 0 Å². The van der Waals surface area contributed by atoms with Gasteiger partial charge in [-0.25, -0.2) is 0 Å². The third-order valence-electron chi connectivity index (χ3n) is 2.98. The molecular weight excluding hydrogens is 264 g/mol. The van der Waals surface area contributed by atoms with Crippen molar-refractivity contribution in [1.82, 2.24) is 0 Å². The highest BCUT2D eigenvalue weighted by Gasteiger charge is 2.15. The number of thiophene rings is 1. The summed E-state index contributed by atoms with van der Waals surface area (Å²) in [5.74, 6) is 0.0944. The lowest BCUT2D eigenvalue weighted by Gasteiger charge is -2.06. The molecule has 0 N–H and O–H groups in total. The van der Waals surface area contributed by atoms with Crippen molar-refractivity contribution in [3.8, 4) is 0 Å². The molecule has 94 valence electrons. The minimum atomic E-state index is 0.0944. The van der Waals surface area contributed by atoms with Crippen molar-refractivity contribution in [2.45, 2.75) is 27.2 Å². The van der Waals surface area contributed by atoms with E-state index in [4.69, 9.17) is 11.6 Å². The molecule has 1 aromatic heterocycles. The zero-order chi connectivity index (χ0) is 13.3. The van der Waals surface area contributed by atoms with Crippen LogP contribution in [0.5, 0.6) is 0 Å². The van der Waals surface area contributed by atoms with Gasteiger partial charge in [-0.2, -0.15) is 0 Å². The van der Waals surface area contributed by atoms with Gasteiger partial charge in [-0.3, -0.25) is 4.79 Å². The molecule has 0 bridgehead atoms. The van der Waals surface area contributed by atoms with E-state index in [2.05, 4.69) is 6.92 Å². The summed E-state index contributed by atoms with van der Waals surface area (Å²) in [6.07, 6.45) is 0.969. The molecule has 0 saturated carbocycles. The highest BCUT2D eigenvalue weighted by molar-refractivity contribution is 7.14. The van der Waals surface area contributed by atoms with E-state index in [1.54, 1.807) is 11.3 Å². The van der Waals surface area contributed by atoms with Crippen LogP contribution in [-0.2, 0) is 6.42 Å². The first-order valence-electron chi connectivity index (χ1n) is 5.93. The van der Waals surface area contributed by atoms with Gasteiger partial charge in [0.25, 0.3) is 0 Å². The summed E-state index contributed by atoms with van der Waals surface area (Å²) in [4.78, 5) is 14.5. The van der Waals surface area contributed by atoms with E-state index in [-0.39, 0.29) is 5.78 Å². The van der Waals surface area contributed by atoms with Crippen LogP contribution in [0.1, 0.15) is 38.2 Å². The van der Waals surface area contributed by atoms with Crippen molar-refractivity contribution in [2.24, 2.45) is 0 Å². The summed E-state index contributed by atoms with van der Waals surface area (Å²) in [5.41, 5.74) is 2.63. The molecule has 0 aliphatic rings. The number of carbonyl (C=O) groups is 1. The van der Waals surface area contributed by atoms with Gasteiger partial charge in [0, 0.05) is 15.5 Å². The zero-order valence-corrected chi connectivity index (χ0v) is 12.3. The van der Waals surface area contributed by atoms with Crippen LogP contribution in [0.25, 0.3) is 0 Å². The maximum absolute atomic E-state index is 12.4. The molecule has 0 spiro atoms. The summed E-state index contributed by atoms with van der Waals surface area (Å²) in [6.45, 7) is 5.94. The first-order valence-corrected chi connectivity index (χ1v) is 7.12. The molecule has 1 heterocycles. The standard InChI is InChI=1S/C15H15ClOS/c1-4-11-5-6-14(18-11)15(17)12-7-10(3)13(16)8-9(12)2/h5-8H,4H2,1-3H3. The fourth-order valence-electron chi connectivity index (χ4n) is 1.85. The summed E-state index contributed by atoms with van der Waals surface area (Å²) >= 11 is 7.63. The van der Waals surface area contributed by atoms with E-state index in [1.807, 2.05) is 38.1 Å². The van der Waals surface area contributed by atoms with Gasteiger partial charge in [0.15, 0.2) is 0 Å². The average molecular weight is 279 g/mol. The number of rotatable bonds is 3. The second-order valence-corrected chi connectivity index (χ2v) is 5.94. The van der Waals surface area contributed by atoms with E-state index in [1.165, 1.54) is 4.88 Å². The Morgan fingerprint density at radius 1 is 1.22 bits per heavy atom. The predicted molar refractivity (Wildman–Crippen MR) is 78.1 cm³/mol. The van der Waals surface area contributed by atoms with Crippen LogP contribution in [0.15, 0.2) is 24.3 Å². The van der Waals surface area contributed by atoms with E-state index < -0.39 is 0 Å². The third kappa shape index (κ3) is 2.50. The topological polar surface area (TPSA) is 17.1 Å². The van der Waals surface area contributed by atoms with Gasteiger partial charge in [0.2, 0.25) is 5.78 Å². The first-order chi connectivity index (χ1) is 8.52. The Morgan fingerprint density at radius 3 is 2.56 bits per heavy atom. The Balaban J connectivity index is 2.42. The smallest absolute Gasteiger partial charge is 0.203 e. The van der Waals surface area contributed by atoms with Crippen LogP contribution in [-0.4, -0.2) is 5.78 Å². The number of benzene rings is 1. The van der Waals surface area contributed by atoms with E-state index >= 15 is 0 Å². The van der Waals surface area contributed by atoms with Crippen LogP contribution in [0, 0.1) is 13.8 Å². The van der Waals surface area contributed by atoms with Crippen molar-refractivity contribution >= 4 is 28.7 Å². The van der Waals surface area contributed by atoms with Crippen molar-refractivity contribution in [3.05, 3.63) is 55.7 Å². The summed E-state index contributed by atoms with van der Waals surface area (Å²) in [5, 5.41) is 0.712. The van der Waals surface area contributed by atoms with Crippen LogP contribution in [0.3, 0.4) is 0 Å². The number of carbonyl (C=O) groups excluding carboxylic acids is 1. The van der Waals surface area contributed by atoms with Gasteiger partial charge in [0.1, 0.15) is 0 Å². The lowest BCUT2D eigenvalue weighted by Crippen LogP contribution is -2.02. The lowest BCUT2D eigenvalue weighted by atomic mass is 10.0. The second kappa shape index (κ2) is 5.25. The lowest BCUT2D eigenvalue weighted by molar-refractivity contribution is 0.104. The number of halogens is 1. The fourth-order valence-corrected chi connectivity index (χ4v) is 2.97. The summed E-state index contributed by atoms with van der Waals surface area (Å²) < 4.78 is 0. The molecule has 1 nitrogen and oxygen atoms in total. The first kappa shape index (κ1) is 13.3. The SMILES string of the molecule is CCc1ccc(C(=O)c2cc(C)c(Cl)cc2C)s1. The molecule has 0 atom stereocenters. The Bertz CT molecular complexity index is 599. The monoisotopic (exact) mass is 278 g/mol. The van der Waals surface area contributed by atoms with Crippen LogP contribution >= 0.6 is 22.9 Å². The minimum absolute atomic E-state index is 0.0944. The molecule has 3 heteroatoms. The van der Waals surface area contributed by atoms with Gasteiger partial charge in [-0.15, -0.1) is 11.3 Å². The molecule has 0 amide bonds. The van der Waals surface area contributed by atoms with Crippen molar-refractivity contribution in [3.63, 3.8) is 0 Å². The number of hydrogen-bond acceptors (Lipinski definition) is 2. The number of hydrogen-bond donors (Lipinski definition) is 0. The molecule has 0 fully saturated rings. The van der Waals surface area contributed by atoms with Gasteiger partial charge in [-0.1, -0.05) is 18.5 Å². The predicted octanol–water partition coefficient (Wildman–Crippen LogP) is 4.81. The van der Waals surface area contributed by atoms with Crippen LogP contribution < -0.4 is 0 Å². The molecule has 0 saturated heterocycles. The van der Waals surface area contributed by atoms with Gasteiger partial charge in [-0.05, 0) is 55.7 Å². The average Bonchev–Trinajstić information content (AvgIpc) is 2.81. The third-order valence-corrected chi connectivity index (χ3v) is 4.62. The highest BCUT2D eigenvalue weighted by Crippen LogP contribution is 2.25. The van der Waals surface area contributed by atoms with Crippen LogP contribution in [0.4, 0.5) is 0 Å². The van der Waals surface area contributed by atoms with Gasteiger partial charge >= 0.3 is 0 Å². The quantitative estimate of drug-likeness (QED) is 0.736. The highest BCUT2D eigenvalue weighted by atomic mass is 35.5. The largest absolute Gasteiger partial charge is 0.288 e. The molecule has 0 radical (unpaired) electrons. The Kier molecular flexibility index (Phi) is 3.88. The molecule has 2 rings (SSSR count). The van der Waals surface area contributed by atoms with Crippen molar-refractivity contribution < 1.29 is 4.79 Å². The Labute approximate surface area is 116 Å². The Hall–Kier alpha value is -1.12. The molecule has 0 aliphatic carbocycles. The molecule has 0 aliphatic heterocycles. The van der Waals surface area contributed by atoms with E-state index in [9.17, 15) is 4.79 Å². The normalized spacial score (nSPS) is 10.7. The van der Waals surface area contributed by atoms with E-state index in [0.717, 1.165) is 28.0 Å². The van der Waals surface area contributed by atoms with Crippen molar-refractivity contribution in [2.75, 3.05) is 0 Å². The van der Waals surface area contributed by atoms with E-state index in [0.29, 0.717) is 5.02 Å². The summed E-state index contributed by atoms with van der Waals surface area (Å²) in [6, 6.07) is 7.68. The van der Waals surface area contributed by atoms with Crippen molar-refractivity contribution in [1.29, 1.82) is 0 Å². The minimum Gasteiger partial charge on any atom is -0.288 e. The maximum Gasteiger partial charge on any atom is 0.203 e. The van der Waals surface area contributed by atoms with Gasteiger partial charge in [0.05, 0.1) is 4.88 Å². The number of aryl methyl sites for hydroxylation is 3. The molecule has 18 heavy (non-hydrogen) atoms. The molecule has 0 unspecified atom stereocenters. The maximum atomic E-state index is 12.4. The molecule has 1 aromatic carbocycles. The fraction of sp³-hybridized carbons (Fsp3) is 0.267. The molecular formula is C15H15ClOS. The number of ketones is 1. The van der Waals surface area contributed by atoms with Crippen LogP contribution in [0.2, 0.25) is 5.02 Å². The second-order valence-electron chi connectivity index (χ2n) is 4.36. The Morgan fingerprint density at radius 2 is 1.94 bits per heavy atom.